The molecule has 17 heavy (non-hydrogen) atoms. The Kier molecular flexibility index (Phi) is 5.18. The average Bonchev–Trinajstić information content (AvgIpc) is 2.13. The fraction of sp³-hybridized carbons (Fsp3) is 0.667. The maximum Gasteiger partial charge on any atom is 0.228 e. The van der Waals surface area contributed by atoms with Crippen LogP contribution in [0.5, 0.6) is 0 Å². The van der Waals surface area contributed by atoms with Crippen molar-refractivity contribution in [1.29, 1.82) is 0 Å². The summed E-state index contributed by atoms with van der Waals surface area (Å²) in [6.45, 7) is 10.6. The Hall–Kier alpha value is -0.840. The minimum atomic E-state index is 0.499. The van der Waals surface area contributed by atoms with Gasteiger partial charge in [-0.3, -0.25) is 0 Å². The van der Waals surface area contributed by atoms with Crippen molar-refractivity contribution in [2.24, 2.45) is 11.8 Å². The van der Waals surface area contributed by atoms with E-state index in [1.165, 1.54) is 0 Å². The van der Waals surface area contributed by atoms with E-state index >= 15 is 0 Å². The van der Waals surface area contributed by atoms with Crippen LogP contribution in [0.2, 0.25) is 0 Å². The molecule has 1 rings (SSSR count). The molecule has 0 aliphatic heterocycles. The van der Waals surface area contributed by atoms with Gasteiger partial charge in [0.25, 0.3) is 0 Å². The molecule has 1 aromatic heterocycles. The molecule has 0 atom stereocenters. The van der Waals surface area contributed by atoms with Crippen LogP contribution in [0.1, 0.15) is 27.7 Å². The van der Waals surface area contributed by atoms with Gasteiger partial charge in [0, 0.05) is 19.2 Å². The largest absolute Gasteiger partial charge is 0.383 e. The molecule has 0 radical (unpaired) electrons. The molecular formula is C12H21BrN4. The Morgan fingerprint density at radius 3 is 2.12 bits per heavy atom. The number of hydrogen-bond acceptors (Lipinski definition) is 4. The van der Waals surface area contributed by atoms with Crippen molar-refractivity contribution in [3.63, 3.8) is 0 Å². The first-order valence-electron chi connectivity index (χ1n) is 5.93. The van der Waals surface area contributed by atoms with Crippen LogP contribution in [0.3, 0.4) is 0 Å². The summed E-state index contributed by atoms with van der Waals surface area (Å²) in [5, 5.41) is 0. The molecule has 0 aliphatic carbocycles. The fourth-order valence-corrected chi connectivity index (χ4v) is 2.08. The highest BCUT2D eigenvalue weighted by molar-refractivity contribution is 9.10. The quantitative estimate of drug-likeness (QED) is 0.850. The smallest absolute Gasteiger partial charge is 0.228 e. The molecule has 0 aliphatic rings. The highest BCUT2D eigenvalue weighted by atomic mass is 79.9. The Bertz CT molecular complexity index is 335. The number of nitrogens with two attached hydrogens (primary N) is 1. The van der Waals surface area contributed by atoms with E-state index in [2.05, 4.69) is 58.5 Å². The molecule has 0 spiro atoms. The number of rotatable bonds is 5. The van der Waals surface area contributed by atoms with Gasteiger partial charge in [0.15, 0.2) is 0 Å². The molecule has 0 amide bonds. The Labute approximate surface area is 112 Å². The van der Waals surface area contributed by atoms with E-state index in [9.17, 15) is 0 Å². The molecule has 0 unspecified atom stereocenters. The standard InChI is InChI=1S/C12H21BrN4/c1-8(2)6-17(7-9(3)4)12-15-10(13)5-11(14)16-12/h5,8-9H,6-7H2,1-4H3,(H2,14,15,16). The second-order valence-electron chi connectivity index (χ2n) is 5.11. The first-order valence-corrected chi connectivity index (χ1v) is 6.72. The van der Waals surface area contributed by atoms with E-state index in [0.29, 0.717) is 23.6 Å². The summed E-state index contributed by atoms with van der Waals surface area (Å²) in [6.07, 6.45) is 0. The van der Waals surface area contributed by atoms with E-state index in [1.54, 1.807) is 6.07 Å². The van der Waals surface area contributed by atoms with Gasteiger partial charge in [0.1, 0.15) is 10.4 Å². The van der Waals surface area contributed by atoms with Gasteiger partial charge in [0.2, 0.25) is 5.95 Å². The van der Waals surface area contributed by atoms with E-state index in [-0.39, 0.29) is 0 Å². The zero-order chi connectivity index (χ0) is 13.0. The van der Waals surface area contributed by atoms with Gasteiger partial charge < -0.3 is 10.6 Å². The van der Waals surface area contributed by atoms with E-state index < -0.39 is 0 Å². The topological polar surface area (TPSA) is 55.0 Å². The summed E-state index contributed by atoms with van der Waals surface area (Å²) >= 11 is 3.36. The molecule has 0 fully saturated rings. The number of halogens is 1. The molecule has 1 aromatic rings. The molecule has 4 nitrogen and oxygen atoms in total. The van der Waals surface area contributed by atoms with Gasteiger partial charge >= 0.3 is 0 Å². The molecule has 0 saturated carbocycles. The van der Waals surface area contributed by atoms with Gasteiger partial charge in [-0.2, -0.15) is 4.98 Å². The summed E-state index contributed by atoms with van der Waals surface area (Å²) in [7, 11) is 0. The van der Waals surface area contributed by atoms with Gasteiger partial charge in [0.05, 0.1) is 0 Å². The highest BCUT2D eigenvalue weighted by Crippen LogP contribution is 2.18. The maximum atomic E-state index is 5.75. The van der Waals surface area contributed by atoms with Crippen LogP contribution < -0.4 is 10.6 Å². The van der Waals surface area contributed by atoms with Crippen molar-refractivity contribution in [3.8, 4) is 0 Å². The van der Waals surface area contributed by atoms with E-state index in [4.69, 9.17) is 5.73 Å². The molecule has 96 valence electrons. The normalized spacial score (nSPS) is 11.2. The summed E-state index contributed by atoms with van der Waals surface area (Å²) in [4.78, 5) is 10.9. The fourth-order valence-electron chi connectivity index (χ4n) is 1.68. The first-order chi connectivity index (χ1) is 7.88. The van der Waals surface area contributed by atoms with Crippen LogP contribution >= 0.6 is 15.9 Å². The van der Waals surface area contributed by atoms with Crippen molar-refractivity contribution in [2.45, 2.75) is 27.7 Å². The van der Waals surface area contributed by atoms with Crippen LogP contribution in [-0.2, 0) is 0 Å². The molecule has 0 saturated heterocycles. The Morgan fingerprint density at radius 1 is 1.18 bits per heavy atom. The lowest BCUT2D eigenvalue weighted by atomic mass is 10.1. The second kappa shape index (κ2) is 6.19. The summed E-state index contributed by atoms with van der Waals surface area (Å²) in [6, 6.07) is 1.71. The van der Waals surface area contributed by atoms with Gasteiger partial charge in [-0.15, -0.1) is 0 Å². The predicted octanol–water partition coefficient (Wildman–Crippen LogP) is 2.94. The lowest BCUT2D eigenvalue weighted by molar-refractivity contribution is 0.544. The maximum absolute atomic E-state index is 5.75. The number of nitrogens with zero attached hydrogens (tertiary/aromatic N) is 3. The Morgan fingerprint density at radius 2 is 1.71 bits per heavy atom. The molecule has 5 heteroatoms. The van der Waals surface area contributed by atoms with Crippen LogP contribution in [0, 0.1) is 11.8 Å². The lowest BCUT2D eigenvalue weighted by Crippen LogP contribution is -2.33. The van der Waals surface area contributed by atoms with E-state index in [1.807, 2.05) is 0 Å². The van der Waals surface area contributed by atoms with Crippen molar-refractivity contribution >= 4 is 27.7 Å². The summed E-state index contributed by atoms with van der Waals surface area (Å²) in [5.74, 6) is 2.34. The second-order valence-corrected chi connectivity index (χ2v) is 5.92. The van der Waals surface area contributed by atoms with Gasteiger partial charge in [-0.1, -0.05) is 27.7 Å². The molecule has 1 heterocycles. The van der Waals surface area contributed by atoms with Crippen LogP contribution in [0.25, 0.3) is 0 Å². The summed E-state index contributed by atoms with van der Waals surface area (Å²) < 4.78 is 0.734. The van der Waals surface area contributed by atoms with Gasteiger partial charge in [-0.25, -0.2) is 4.98 Å². The third-order valence-electron chi connectivity index (χ3n) is 2.16. The van der Waals surface area contributed by atoms with Crippen molar-refractivity contribution in [1.82, 2.24) is 9.97 Å². The zero-order valence-electron chi connectivity index (χ0n) is 10.9. The molecule has 2 N–H and O–H groups in total. The molecular weight excluding hydrogens is 280 g/mol. The van der Waals surface area contributed by atoms with Crippen molar-refractivity contribution in [3.05, 3.63) is 10.7 Å². The monoisotopic (exact) mass is 300 g/mol. The third-order valence-corrected chi connectivity index (χ3v) is 2.56. The van der Waals surface area contributed by atoms with Crippen LogP contribution in [-0.4, -0.2) is 23.1 Å². The van der Waals surface area contributed by atoms with E-state index in [0.717, 1.165) is 17.7 Å². The minimum absolute atomic E-state index is 0.499. The van der Waals surface area contributed by atoms with Crippen LogP contribution in [0.4, 0.5) is 11.8 Å². The SMILES string of the molecule is CC(C)CN(CC(C)C)c1nc(N)cc(Br)n1. The average molecular weight is 301 g/mol. The minimum Gasteiger partial charge on any atom is -0.383 e. The van der Waals surface area contributed by atoms with Crippen LogP contribution in [0.15, 0.2) is 10.7 Å². The highest BCUT2D eigenvalue weighted by Gasteiger charge is 2.14. The van der Waals surface area contributed by atoms with Crippen molar-refractivity contribution in [2.75, 3.05) is 23.7 Å². The number of nitrogen functional groups attached to an aromatic ring is 1. The number of aromatic nitrogens is 2. The van der Waals surface area contributed by atoms with Gasteiger partial charge in [-0.05, 0) is 27.8 Å². The molecule has 0 bridgehead atoms. The number of hydrogen-bond donors (Lipinski definition) is 1. The lowest BCUT2D eigenvalue weighted by Gasteiger charge is -2.26. The third kappa shape index (κ3) is 4.89. The first kappa shape index (κ1) is 14.2. The summed E-state index contributed by atoms with van der Waals surface area (Å²) in [5.41, 5.74) is 5.75. The number of anilines is 2. The zero-order valence-corrected chi connectivity index (χ0v) is 12.5. The molecule has 0 aromatic carbocycles. The van der Waals surface area contributed by atoms with Crippen molar-refractivity contribution < 1.29 is 0 Å². The predicted molar refractivity (Wildman–Crippen MR) is 76.0 cm³/mol. The Balaban J connectivity index is 2.94.